The van der Waals surface area contributed by atoms with Crippen molar-refractivity contribution >= 4 is 27.4 Å². The van der Waals surface area contributed by atoms with Gasteiger partial charge in [-0.15, -0.1) is 0 Å². The van der Waals surface area contributed by atoms with Crippen molar-refractivity contribution in [1.29, 1.82) is 0 Å². The van der Waals surface area contributed by atoms with E-state index in [2.05, 4.69) is 9.80 Å². The van der Waals surface area contributed by atoms with Crippen molar-refractivity contribution < 1.29 is 32.2 Å². The third-order valence-corrected chi connectivity index (χ3v) is 10.1. The topological polar surface area (TPSA) is 99.6 Å². The van der Waals surface area contributed by atoms with Crippen LogP contribution in [0.4, 0.5) is 15.8 Å². The Bertz CT molecular complexity index is 1150. The fraction of sp³-hybridized carbons (Fsp3) is 0.640. The number of aliphatic carboxylic acids is 1. The van der Waals surface area contributed by atoms with Crippen LogP contribution in [0, 0.1) is 5.92 Å². The molecule has 6 rings (SSSR count). The first kappa shape index (κ1) is 25.3. The van der Waals surface area contributed by atoms with Crippen LogP contribution in [-0.2, 0) is 19.6 Å². The van der Waals surface area contributed by atoms with Crippen LogP contribution < -0.4 is 14.5 Å². The van der Waals surface area contributed by atoms with Crippen molar-refractivity contribution in [1.82, 2.24) is 4.31 Å². The van der Waals surface area contributed by atoms with Crippen LogP contribution in [0.15, 0.2) is 29.1 Å². The molecule has 1 atom stereocenters. The molecule has 0 aromatic heterocycles. The van der Waals surface area contributed by atoms with Crippen molar-refractivity contribution in [2.75, 3.05) is 49.7 Å². The predicted octanol–water partition coefficient (Wildman–Crippen LogP) is 3.35. The average molecular weight is 524 g/mol. The number of ether oxygens (including phenoxy) is 2. The summed E-state index contributed by atoms with van der Waals surface area (Å²) in [7, 11) is -2.37. The number of rotatable bonds is 8. The Balaban J connectivity index is 1.65. The monoisotopic (exact) mass is 523 g/mol. The van der Waals surface area contributed by atoms with Gasteiger partial charge < -0.3 is 24.4 Å². The second-order valence-corrected chi connectivity index (χ2v) is 12.3. The smallest absolute Gasteiger partial charge is 0.368 e. The minimum absolute atomic E-state index is 0.0541. The lowest BCUT2D eigenvalue weighted by molar-refractivity contribution is -0.134. The quantitative estimate of drug-likeness (QED) is 0.409. The normalized spacial score (nSPS) is 29.6. The number of benzene rings is 1. The summed E-state index contributed by atoms with van der Waals surface area (Å²) < 4.78 is 54.1. The van der Waals surface area contributed by atoms with Gasteiger partial charge in [0.25, 0.3) is 0 Å². The van der Waals surface area contributed by atoms with Crippen LogP contribution in [0.2, 0.25) is 0 Å². The summed E-state index contributed by atoms with van der Waals surface area (Å²) in [6.07, 6.45) is 6.71. The van der Waals surface area contributed by atoms with Gasteiger partial charge in [0.2, 0.25) is 15.9 Å². The molecule has 0 amide bonds. The number of carbonyl (C=O) groups is 1. The summed E-state index contributed by atoms with van der Waals surface area (Å²) >= 11 is 0. The zero-order valence-corrected chi connectivity index (χ0v) is 21.6. The van der Waals surface area contributed by atoms with E-state index in [-0.39, 0.29) is 28.8 Å². The minimum atomic E-state index is -3.94. The number of anilines is 2. The van der Waals surface area contributed by atoms with Gasteiger partial charge in [0, 0.05) is 44.9 Å². The van der Waals surface area contributed by atoms with E-state index in [0.717, 1.165) is 51.6 Å². The molecule has 2 bridgehead atoms. The molecule has 1 N–H and O–H groups in total. The Hall–Kier alpha value is -2.37. The molecule has 36 heavy (non-hydrogen) atoms. The number of fused-ring (bicyclic) bond motifs is 1. The maximum atomic E-state index is 13.9. The largest absolute Gasteiger partial charge is 0.476 e. The van der Waals surface area contributed by atoms with E-state index in [9.17, 15) is 17.6 Å². The number of hydrogen-bond donors (Lipinski definition) is 1. The molecule has 198 valence electrons. The number of piperidine rings is 1. The fourth-order valence-electron chi connectivity index (χ4n) is 6.00. The van der Waals surface area contributed by atoms with E-state index >= 15 is 0 Å². The summed E-state index contributed by atoms with van der Waals surface area (Å²) in [4.78, 5) is 15.5. The molecule has 2 aliphatic heterocycles. The summed E-state index contributed by atoms with van der Waals surface area (Å²) in [5.74, 6) is -2.37. The number of halogens is 1. The van der Waals surface area contributed by atoms with Gasteiger partial charge in [-0.25, -0.2) is 13.2 Å². The summed E-state index contributed by atoms with van der Waals surface area (Å²) in [5.41, 5.74) is 1.23. The van der Waals surface area contributed by atoms with Gasteiger partial charge >= 0.3 is 5.97 Å². The molecule has 0 spiro atoms. The van der Waals surface area contributed by atoms with E-state index in [1.165, 1.54) is 10.4 Å². The Morgan fingerprint density at radius 2 is 1.89 bits per heavy atom. The maximum Gasteiger partial charge on any atom is 0.368 e. The molecule has 0 unspecified atom stereocenters. The van der Waals surface area contributed by atoms with Gasteiger partial charge in [-0.1, -0.05) is 0 Å². The molecular weight excluding hydrogens is 489 g/mol. The van der Waals surface area contributed by atoms with E-state index in [0.29, 0.717) is 36.7 Å². The van der Waals surface area contributed by atoms with Crippen molar-refractivity contribution in [3.8, 4) is 5.75 Å². The van der Waals surface area contributed by atoms with E-state index in [1.807, 2.05) is 13.0 Å². The van der Waals surface area contributed by atoms with Crippen molar-refractivity contribution in [3.63, 3.8) is 0 Å². The first-order chi connectivity index (χ1) is 17.2. The molecule has 5 aliphatic rings. The third kappa shape index (κ3) is 4.24. The zero-order chi connectivity index (χ0) is 25.7. The van der Waals surface area contributed by atoms with Crippen LogP contribution in [-0.4, -0.2) is 75.3 Å². The number of carboxylic acids is 1. The lowest BCUT2D eigenvalue weighted by Crippen LogP contribution is -2.70. The standard InChI is InChI=1S/C25H34FN3O6S/c1-3-34-15-18-14-29(25-11-17(12-25)13-25)21-9-20(28-7-5-4-6-8-28)22(35-16-19(26)24(30)31)10-23(21)36(32,33)27(18)2/h9-10,16-18H,3-8,11-15H2,1-2H3,(H,30,31)/b19-16-/t17?,18-,25?/m0/s1. The first-order valence-corrected chi connectivity index (χ1v) is 14.1. The molecule has 9 nitrogen and oxygen atoms in total. The van der Waals surface area contributed by atoms with E-state index in [1.54, 1.807) is 7.05 Å². The van der Waals surface area contributed by atoms with Gasteiger partial charge in [0.05, 0.1) is 24.0 Å². The molecule has 1 aromatic rings. The van der Waals surface area contributed by atoms with Gasteiger partial charge in [-0.2, -0.15) is 8.70 Å². The van der Waals surface area contributed by atoms with Gasteiger partial charge in [-0.3, -0.25) is 0 Å². The molecule has 11 heteroatoms. The molecule has 2 heterocycles. The highest BCUT2D eigenvalue weighted by Gasteiger charge is 2.61. The number of nitrogens with zero attached hydrogens (tertiary/aromatic N) is 3. The number of carboxylic acid groups (broad SMARTS) is 1. The van der Waals surface area contributed by atoms with Crippen molar-refractivity contribution in [2.24, 2.45) is 5.92 Å². The molecular formula is C25H34FN3O6S. The van der Waals surface area contributed by atoms with E-state index < -0.39 is 21.8 Å². The van der Waals surface area contributed by atoms with Crippen LogP contribution in [0.1, 0.15) is 45.4 Å². The molecule has 1 saturated heterocycles. The molecule has 0 radical (unpaired) electrons. The van der Waals surface area contributed by atoms with Crippen molar-refractivity contribution in [3.05, 3.63) is 24.2 Å². The van der Waals surface area contributed by atoms with Crippen LogP contribution in [0.5, 0.6) is 5.75 Å². The summed E-state index contributed by atoms with van der Waals surface area (Å²) in [6.45, 7) is 4.69. The number of hydrogen-bond acceptors (Lipinski definition) is 7. The van der Waals surface area contributed by atoms with Crippen LogP contribution >= 0.6 is 0 Å². The summed E-state index contributed by atoms with van der Waals surface area (Å²) in [6, 6.07) is 2.93. The Morgan fingerprint density at radius 3 is 2.47 bits per heavy atom. The zero-order valence-electron chi connectivity index (χ0n) is 20.8. The second kappa shape index (κ2) is 9.50. The van der Waals surface area contributed by atoms with Gasteiger partial charge in [0.15, 0.2) is 5.75 Å². The second-order valence-electron chi connectivity index (χ2n) is 10.4. The van der Waals surface area contributed by atoms with Gasteiger partial charge in [-0.05, 0) is 57.4 Å². The minimum Gasteiger partial charge on any atom is -0.476 e. The average Bonchev–Trinajstić information content (AvgIpc) is 2.88. The highest BCUT2D eigenvalue weighted by atomic mass is 32.2. The van der Waals surface area contributed by atoms with Crippen molar-refractivity contribution in [2.45, 2.75) is 61.9 Å². The SMILES string of the molecule is CCOC[C@@H]1CN(C23CC(C2)C3)c2cc(N3CCCCC3)c(O/C=C(\F)C(=O)O)cc2S(=O)(=O)N1C. The fourth-order valence-corrected chi connectivity index (χ4v) is 7.52. The Labute approximate surface area is 211 Å². The van der Waals surface area contributed by atoms with Crippen LogP contribution in [0.3, 0.4) is 0 Å². The molecule has 1 aromatic carbocycles. The predicted molar refractivity (Wildman–Crippen MR) is 133 cm³/mol. The lowest BCUT2D eigenvalue weighted by atomic mass is 9.49. The number of likely N-dealkylation sites (N-methyl/N-ethyl adjacent to an activating group) is 1. The van der Waals surface area contributed by atoms with Gasteiger partial charge in [0.1, 0.15) is 11.2 Å². The third-order valence-electron chi connectivity index (χ3n) is 8.18. The molecule has 4 fully saturated rings. The molecule has 3 saturated carbocycles. The molecule has 3 aliphatic carbocycles. The summed E-state index contributed by atoms with van der Waals surface area (Å²) in [5, 5.41) is 8.93. The first-order valence-electron chi connectivity index (χ1n) is 12.7. The Kier molecular flexibility index (Phi) is 6.67. The van der Waals surface area contributed by atoms with Crippen LogP contribution in [0.25, 0.3) is 0 Å². The lowest BCUT2D eigenvalue weighted by Gasteiger charge is -2.67. The number of sulfonamides is 1. The highest BCUT2D eigenvalue weighted by Crippen LogP contribution is 2.62. The Morgan fingerprint density at radius 1 is 1.19 bits per heavy atom. The van der Waals surface area contributed by atoms with E-state index in [4.69, 9.17) is 14.6 Å². The highest BCUT2D eigenvalue weighted by molar-refractivity contribution is 7.89. The maximum absolute atomic E-state index is 13.9.